The summed E-state index contributed by atoms with van der Waals surface area (Å²) in [5.74, 6) is 0.758. The summed E-state index contributed by atoms with van der Waals surface area (Å²) in [6.45, 7) is 4.38. The van der Waals surface area contributed by atoms with Crippen LogP contribution in [0.4, 0.5) is 0 Å². The van der Waals surface area contributed by atoms with Crippen LogP contribution in [0.15, 0.2) is 0 Å². The Labute approximate surface area is 106 Å². The van der Waals surface area contributed by atoms with E-state index in [0.717, 1.165) is 25.7 Å². The normalized spacial score (nSPS) is 26.6. The molecule has 1 amide bonds. The van der Waals surface area contributed by atoms with Gasteiger partial charge in [-0.25, -0.2) is 0 Å². The minimum atomic E-state index is -0.297. The molecule has 0 bridgehead atoms. The second-order valence-electron chi connectivity index (χ2n) is 5.53. The van der Waals surface area contributed by atoms with E-state index in [1.165, 1.54) is 19.3 Å². The Morgan fingerprint density at radius 2 is 2.06 bits per heavy atom. The molecular weight excluding hydrogens is 212 g/mol. The molecule has 2 N–H and O–H groups in total. The van der Waals surface area contributed by atoms with Crippen LogP contribution < -0.4 is 5.73 Å². The lowest BCUT2D eigenvalue weighted by molar-refractivity contribution is -0.135. The average Bonchev–Trinajstić information content (AvgIpc) is 2.34. The van der Waals surface area contributed by atoms with Gasteiger partial charge < -0.3 is 10.6 Å². The van der Waals surface area contributed by atoms with E-state index in [4.69, 9.17) is 5.73 Å². The predicted octanol–water partition coefficient (Wildman–Crippen LogP) is 2.54. The van der Waals surface area contributed by atoms with Crippen LogP contribution in [-0.2, 0) is 4.79 Å². The topological polar surface area (TPSA) is 46.3 Å². The monoisotopic (exact) mass is 240 g/mol. The summed E-state index contributed by atoms with van der Waals surface area (Å²) in [6, 6.07) is 0.109. The van der Waals surface area contributed by atoms with E-state index >= 15 is 0 Å². The van der Waals surface area contributed by atoms with E-state index < -0.39 is 0 Å². The quantitative estimate of drug-likeness (QED) is 0.802. The van der Waals surface area contributed by atoms with Crippen LogP contribution in [0.25, 0.3) is 0 Å². The van der Waals surface area contributed by atoms with Crippen molar-refractivity contribution in [3.63, 3.8) is 0 Å². The number of rotatable bonds is 5. The van der Waals surface area contributed by atoms with Crippen molar-refractivity contribution in [2.45, 2.75) is 70.9 Å². The Morgan fingerprint density at radius 3 is 2.65 bits per heavy atom. The first-order chi connectivity index (χ1) is 8.07. The molecule has 0 aromatic heterocycles. The van der Waals surface area contributed by atoms with E-state index in [9.17, 15) is 4.79 Å². The molecule has 0 aromatic rings. The summed E-state index contributed by atoms with van der Waals surface area (Å²) >= 11 is 0. The molecule has 1 aliphatic rings. The molecule has 3 unspecified atom stereocenters. The lowest BCUT2D eigenvalue weighted by atomic mass is 9.85. The van der Waals surface area contributed by atoms with Gasteiger partial charge in [0, 0.05) is 13.1 Å². The van der Waals surface area contributed by atoms with Crippen molar-refractivity contribution in [1.29, 1.82) is 0 Å². The standard InChI is InChI=1S/C14H28N2O/c1-4-5-9-12(15)14(17)16(3)13-10-7-6-8-11(13)2/h11-13H,4-10,15H2,1-3H3. The minimum absolute atomic E-state index is 0.136. The van der Waals surface area contributed by atoms with Gasteiger partial charge in [0.2, 0.25) is 5.91 Å². The van der Waals surface area contributed by atoms with E-state index in [1.807, 2.05) is 11.9 Å². The zero-order valence-corrected chi connectivity index (χ0v) is 11.6. The Kier molecular flexibility index (Phi) is 5.96. The maximum atomic E-state index is 12.2. The molecule has 1 aliphatic carbocycles. The number of hydrogen-bond acceptors (Lipinski definition) is 2. The highest BCUT2D eigenvalue weighted by Gasteiger charge is 2.29. The third kappa shape index (κ3) is 3.98. The number of carbonyl (C=O) groups excluding carboxylic acids is 1. The molecule has 0 aliphatic heterocycles. The number of amides is 1. The highest BCUT2D eigenvalue weighted by molar-refractivity contribution is 5.81. The van der Waals surface area contributed by atoms with Gasteiger partial charge in [-0.2, -0.15) is 0 Å². The van der Waals surface area contributed by atoms with Gasteiger partial charge in [0.05, 0.1) is 6.04 Å². The molecular formula is C14H28N2O. The number of nitrogens with two attached hydrogens (primary N) is 1. The fourth-order valence-electron chi connectivity index (χ4n) is 2.84. The molecule has 1 saturated carbocycles. The maximum absolute atomic E-state index is 12.2. The summed E-state index contributed by atoms with van der Waals surface area (Å²) in [4.78, 5) is 14.1. The minimum Gasteiger partial charge on any atom is -0.341 e. The zero-order valence-electron chi connectivity index (χ0n) is 11.6. The smallest absolute Gasteiger partial charge is 0.239 e. The molecule has 3 heteroatoms. The fourth-order valence-corrected chi connectivity index (χ4v) is 2.84. The van der Waals surface area contributed by atoms with Crippen molar-refractivity contribution < 1.29 is 4.79 Å². The lowest BCUT2D eigenvalue weighted by Gasteiger charge is -2.37. The van der Waals surface area contributed by atoms with Gasteiger partial charge in [-0.3, -0.25) is 4.79 Å². The van der Waals surface area contributed by atoms with Crippen LogP contribution in [0.3, 0.4) is 0 Å². The van der Waals surface area contributed by atoms with Crippen molar-refractivity contribution in [1.82, 2.24) is 4.90 Å². The molecule has 1 fully saturated rings. The maximum Gasteiger partial charge on any atom is 0.239 e. The molecule has 3 atom stereocenters. The summed E-state index contributed by atoms with van der Waals surface area (Å²) in [6.07, 6.45) is 7.90. The van der Waals surface area contributed by atoms with Crippen molar-refractivity contribution >= 4 is 5.91 Å². The SMILES string of the molecule is CCCCC(N)C(=O)N(C)C1CCCCC1C. The lowest BCUT2D eigenvalue weighted by Crippen LogP contribution is -2.49. The number of carbonyl (C=O) groups is 1. The largest absolute Gasteiger partial charge is 0.341 e. The molecule has 0 saturated heterocycles. The number of hydrogen-bond donors (Lipinski definition) is 1. The first-order valence-corrected chi connectivity index (χ1v) is 7.10. The van der Waals surface area contributed by atoms with Gasteiger partial charge in [-0.15, -0.1) is 0 Å². The summed E-state index contributed by atoms with van der Waals surface area (Å²) in [5, 5.41) is 0. The van der Waals surface area contributed by atoms with Crippen molar-refractivity contribution in [2.24, 2.45) is 11.7 Å². The third-order valence-electron chi connectivity index (χ3n) is 4.10. The fraction of sp³-hybridized carbons (Fsp3) is 0.929. The summed E-state index contributed by atoms with van der Waals surface area (Å²) in [7, 11) is 1.93. The van der Waals surface area contributed by atoms with Crippen LogP contribution in [0, 0.1) is 5.92 Å². The highest BCUT2D eigenvalue weighted by Crippen LogP contribution is 2.27. The Balaban J connectivity index is 2.49. The van der Waals surface area contributed by atoms with Crippen molar-refractivity contribution in [3.8, 4) is 0 Å². The highest BCUT2D eigenvalue weighted by atomic mass is 16.2. The molecule has 3 nitrogen and oxygen atoms in total. The first-order valence-electron chi connectivity index (χ1n) is 7.10. The molecule has 0 aromatic carbocycles. The molecule has 100 valence electrons. The van der Waals surface area contributed by atoms with Gasteiger partial charge in [-0.05, 0) is 25.2 Å². The van der Waals surface area contributed by atoms with Crippen LogP contribution in [-0.4, -0.2) is 29.9 Å². The number of nitrogens with zero attached hydrogens (tertiary/aromatic N) is 1. The van der Waals surface area contributed by atoms with Gasteiger partial charge in [0.1, 0.15) is 0 Å². The molecule has 0 radical (unpaired) electrons. The van der Waals surface area contributed by atoms with Gasteiger partial charge in [0.25, 0.3) is 0 Å². The van der Waals surface area contributed by atoms with Gasteiger partial charge in [-0.1, -0.05) is 39.5 Å². The van der Waals surface area contributed by atoms with E-state index in [1.54, 1.807) is 0 Å². The third-order valence-corrected chi connectivity index (χ3v) is 4.10. The molecule has 1 rings (SSSR count). The van der Waals surface area contributed by atoms with E-state index in [2.05, 4.69) is 13.8 Å². The second kappa shape index (κ2) is 7.00. The van der Waals surface area contributed by atoms with Crippen LogP contribution in [0.5, 0.6) is 0 Å². The molecule has 0 spiro atoms. The van der Waals surface area contributed by atoms with Crippen LogP contribution in [0.2, 0.25) is 0 Å². The van der Waals surface area contributed by atoms with Gasteiger partial charge in [0.15, 0.2) is 0 Å². The molecule has 0 heterocycles. The zero-order chi connectivity index (χ0) is 12.8. The Bertz CT molecular complexity index is 242. The second-order valence-corrected chi connectivity index (χ2v) is 5.53. The first kappa shape index (κ1) is 14.5. The Morgan fingerprint density at radius 1 is 1.41 bits per heavy atom. The Hall–Kier alpha value is -0.570. The van der Waals surface area contributed by atoms with Crippen molar-refractivity contribution in [3.05, 3.63) is 0 Å². The van der Waals surface area contributed by atoms with E-state index in [0.29, 0.717) is 12.0 Å². The van der Waals surface area contributed by atoms with Crippen LogP contribution >= 0.6 is 0 Å². The van der Waals surface area contributed by atoms with Crippen LogP contribution in [0.1, 0.15) is 58.8 Å². The van der Waals surface area contributed by atoms with Crippen molar-refractivity contribution in [2.75, 3.05) is 7.05 Å². The average molecular weight is 240 g/mol. The predicted molar refractivity (Wildman–Crippen MR) is 71.7 cm³/mol. The summed E-state index contributed by atoms with van der Waals surface area (Å²) in [5.41, 5.74) is 5.97. The summed E-state index contributed by atoms with van der Waals surface area (Å²) < 4.78 is 0. The van der Waals surface area contributed by atoms with E-state index in [-0.39, 0.29) is 11.9 Å². The number of unbranched alkanes of at least 4 members (excludes halogenated alkanes) is 1. The van der Waals surface area contributed by atoms with Gasteiger partial charge >= 0.3 is 0 Å². The number of likely N-dealkylation sites (N-methyl/N-ethyl adjacent to an activating group) is 1. The molecule has 17 heavy (non-hydrogen) atoms.